The number of hydrogen-bond acceptors (Lipinski definition) is 7. The standard InChI is InChI=1S/C21H16N2O4S/c1-2-16-23-11(10-28-16)9-27-21(26)15-8-7-14-17(18(15)22)20(25)13-6-4-3-5-12(13)19(14)24/h3-8,10H,2,9,22H2,1H3. The topological polar surface area (TPSA) is 99.3 Å². The van der Waals surface area contributed by atoms with Gasteiger partial charge in [-0.1, -0.05) is 31.2 Å². The van der Waals surface area contributed by atoms with Crippen LogP contribution >= 0.6 is 11.3 Å². The van der Waals surface area contributed by atoms with Crippen LogP contribution in [0.25, 0.3) is 0 Å². The maximum atomic E-state index is 12.9. The Hall–Kier alpha value is -3.32. The lowest BCUT2D eigenvalue weighted by Crippen LogP contribution is -2.24. The largest absolute Gasteiger partial charge is 0.455 e. The Morgan fingerprint density at radius 3 is 2.46 bits per heavy atom. The van der Waals surface area contributed by atoms with E-state index in [9.17, 15) is 14.4 Å². The average Bonchev–Trinajstić information content (AvgIpc) is 3.18. The Balaban J connectivity index is 1.64. The Morgan fingerprint density at radius 1 is 1.07 bits per heavy atom. The Bertz CT molecular complexity index is 1130. The van der Waals surface area contributed by atoms with Crippen molar-refractivity contribution in [2.45, 2.75) is 20.0 Å². The molecule has 1 aliphatic carbocycles. The van der Waals surface area contributed by atoms with E-state index in [0.29, 0.717) is 11.3 Å². The molecule has 0 atom stereocenters. The summed E-state index contributed by atoms with van der Waals surface area (Å²) in [6, 6.07) is 9.45. The minimum Gasteiger partial charge on any atom is -0.455 e. The van der Waals surface area contributed by atoms with Crippen LogP contribution in [-0.4, -0.2) is 22.5 Å². The van der Waals surface area contributed by atoms with Crippen molar-refractivity contribution in [1.82, 2.24) is 4.98 Å². The smallest absolute Gasteiger partial charge is 0.340 e. The fourth-order valence-electron chi connectivity index (χ4n) is 3.19. The number of ketones is 2. The normalized spacial score (nSPS) is 12.5. The number of ether oxygens (including phenoxy) is 1. The first kappa shape index (κ1) is 18.1. The molecule has 2 aromatic carbocycles. The highest BCUT2D eigenvalue weighted by Gasteiger charge is 2.33. The number of aryl methyl sites for hydroxylation is 1. The van der Waals surface area contributed by atoms with Gasteiger partial charge in [-0.25, -0.2) is 9.78 Å². The number of nitrogen functional groups attached to an aromatic ring is 1. The number of aromatic nitrogens is 1. The van der Waals surface area contributed by atoms with Gasteiger partial charge < -0.3 is 10.5 Å². The highest BCUT2D eigenvalue weighted by molar-refractivity contribution is 7.09. The number of thiazole rings is 1. The molecule has 140 valence electrons. The molecule has 28 heavy (non-hydrogen) atoms. The molecule has 0 saturated carbocycles. The van der Waals surface area contributed by atoms with Gasteiger partial charge in [0.2, 0.25) is 0 Å². The maximum absolute atomic E-state index is 12.9. The van der Waals surface area contributed by atoms with Crippen molar-refractivity contribution in [3.8, 4) is 0 Å². The number of carbonyl (C=O) groups is 3. The third kappa shape index (κ3) is 2.90. The number of benzene rings is 2. The number of anilines is 1. The maximum Gasteiger partial charge on any atom is 0.340 e. The Kier molecular flexibility index (Phi) is 4.52. The van der Waals surface area contributed by atoms with E-state index in [2.05, 4.69) is 4.98 Å². The molecule has 2 N–H and O–H groups in total. The van der Waals surface area contributed by atoms with Gasteiger partial charge >= 0.3 is 5.97 Å². The van der Waals surface area contributed by atoms with Crippen LogP contribution in [0, 0.1) is 0 Å². The minimum atomic E-state index is -0.662. The molecular formula is C21H16N2O4S. The minimum absolute atomic E-state index is 0.0154. The molecule has 7 heteroatoms. The highest BCUT2D eigenvalue weighted by Crippen LogP contribution is 2.33. The van der Waals surface area contributed by atoms with Gasteiger partial charge in [0.05, 0.1) is 27.5 Å². The second kappa shape index (κ2) is 7.01. The predicted octanol–water partition coefficient (Wildman–Crippen LogP) is 3.42. The summed E-state index contributed by atoms with van der Waals surface area (Å²) in [5.74, 6) is -1.32. The molecule has 0 amide bonds. The van der Waals surface area contributed by atoms with Gasteiger partial charge in [0.15, 0.2) is 11.6 Å². The molecule has 0 fully saturated rings. The molecule has 6 nitrogen and oxygen atoms in total. The molecule has 4 rings (SSSR count). The molecule has 1 aromatic heterocycles. The predicted molar refractivity (Wildman–Crippen MR) is 105 cm³/mol. The third-order valence-corrected chi connectivity index (χ3v) is 5.65. The van der Waals surface area contributed by atoms with Gasteiger partial charge in [0, 0.05) is 22.1 Å². The van der Waals surface area contributed by atoms with E-state index >= 15 is 0 Å². The van der Waals surface area contributed by atoms with Crippen molar-refractivity contribution in [3.05, 3.63) is 80.3 Å². The first-order valence-corrected chi connectivity index (χ1v) is 9.60. The first-order valence-electron chi connectivity index (χ1n) is 8.72. The molecule has 0 unspecified atom stereocenters. The Morgan fingerprint density at radius 2 is 1.79 bits per heavy atom. The van der Waals surface area contributed by atoms with Crippen molar-refractivity contribution >= 4 is 34.6 Å². The number of rotatable bonds is 4. The molecule has 3 aromatic rings. The SMILES string of the molecule is CCc1nc(COC(=O)c2ccc3c(c2N)C(=O)c2ccccc2C3=O)cs1. The molecular weight excluding hydrogens is 376 g/mol. The van der Waals surface area contributed by atoms with Gasteiger partial charge in [-0.3, -0.25) is 9.59 Å². The van der Waals surface area contributed by atoms with Gasteiger partial charge in [0.25, 0.3) is 0 Å². The second-order valence-corrected chi connectivity index (χ2v) is 7.26. The average molecular weight is 392 g/mol. The summed E-state index contributed by atoms with van der Waals surface area (Å²) in [4.78, 5) is 42.4. The van der Waals surface area contributed by atoms with E-state index in [1.807, 2.05) is 12.3 Å². The summed E-state index contributed by atoms with van der Waals surface area (Å²) < 4.78 is 5.30. The monoisotopic (exact) mass is 392 g/mol. The molecule has 1 heterocycles. The fraction of sp³-hybridized carbons (Fsp3) is 0.143. The number of hydrogen-bond donors (Lipinski definition) is 1. The summed E-state index contributed by atoms with van der Waals surface area (Å²) in [6.07, 6.45) is 0.813. The Labute approximate surface area is 165 Å². The van der Waals surface area contributed by atoms with Crippen molar-refractivity contribution < 1.29 is 19.1 Å². The van der Waals surface area contributed by atoms with Crippen molar-refractivity contribution in [3.63, 3.8) is 0 Å². The van der Waals surface area contributed by atoms with Crippen LogP contribution in [0.5, 0.6) is 0 Å². The van der Waals surface area contributed by atoms with Crippen molar-refractivity contribution in [2.24, 2.45) is 0 Å². The summed E-state index contributed by atoms with van der Waals surface area (Å²) in [5, 5.41) is 2.80. The van der Waals surface area contributed by atoms with Crippen LogP contribution in [0.15, 0.2) is 41.8 Å². The van der Waals surface area contributed by atoms with E-state index in [-0.39, 0.29) is 46.1 Å². The summed E-state index contributed by atoms with van der Waals surface area (Å²) in [7, 11) is 0. The van der Waals surface area contributed by atoms with Crippen LogP contribution in [-0.2, 0) is 17.8 Å². The van der Waals surface area contributed by atoms with Gasteiger partial charge in [0.1, 0.15) is 6.61 Å². The van der Waals surface area contributed by atoms with E-state index in [4.69, 9.17) is 10.5 Å². The highest BCUT2D eigenvalue weighted by atomic mass is 32.1. The van der Waals surface area contributed by atoms with E-state index in [1.165, 1.54) is 23.5 Å². The van der Waals surface area contributed by atoms with Crippen LogP contribution in [0.3, 0.4) is 0 Å². The lowest BCUT2D eigenvalue weighted by Gasteiger charge is -2.20. The molecule has 0 spiro atoms. The zero-order chi connectivity index (χ0) is 19.8. The number of esters is 1. The van der Waals surface area contributed by atoms with Crippen molar-refractivity contribution in [2.75, 3.05) is 5.73 Å². The molecule has 1 aliphatic rings. The van der Waals surface area contributed by atoms with Gasteiger partial charge in [-0.05, 0) is 18.6 Å². The number of nitrogens with zero attached hydrogens (tertiary/aromatic N) is 1. The molecule has 0 aliphatic heterocycles. The molecule has 0 bridgehead atoms. The summed E-state index contributed by atoms with van der Waals surface area (Å²) >= 11 is 1.50. The zero-order valence-electron chi connectivity index (χ0n) is 15.0. The zero-order valence-corrected chi connectivity index (χ0v) is 15.8. The quantitative estimate of drug-likeness (QED) is 0.422. The van der Waals surface area contributed by atoms with Crippen LogP contribution in [0.4, 0.5) is 5.69 Å². The van der Waals surface area contributed by atoms with Crippen LogP contribution < -0.4 is 5.73 Å². The molecule has 0 saturated heterocycles. The van der Waals surface area contributed by atoms with Gasteiger partial charge in [-0.15, -0.1) is 11.3 Å². The second-order valence-electron chi connectivity index (χ2n) is 6.32. The number of nitrogens with two attached hydrogens (primary N) is 1. The van der Waals surface area contributed by atoms with Crippen molar-refractivity contribution in [1.29, 1.82) is 0 Å². The van der Waals surface area contributed by atoms with E-state index < -0.39 is 5.97 Å². The van der Waals surface area contributed by atoms with E-state index in [1.54, 1.807) is 24.3 Å². The molecule has 0 radical (unpaired) electrons. The number of carbonyl (C=O) groups excluding carboxylic acids is 3. The number of fused-ring (bicyclic) bond motifs is 2. The summed E-state index contributed by atoms with van der Waals surface area (Å²) in [5.41, 5.74) is 7.68. The summed E-state index contributed by atoms with van der Waals surface area (Å²) in [6.45, 7) is 2.01. The lowest BCUT2D eigenvalue weighted by atomic mass is 9.82. The lowest BCUT2D eigenvalue weighted by molar-refractivity contribution is 0.0469. The van der Waals surface area contributed by atoms with E-state index in [0.717, 1.165) is 11.4 Å². The van der Waals surface area contributed by atoms with Crippen LogP contribution in [0.1, 0.15) is 59.8 Å². The van der Waals surface area contributed by atoms with Gasteiger partial charge in [-0.2, -0.15) is 0 Å². The van der Waals surface area contributed by atoms with Crippen LogP contribution in [0.2, 0.25) is 0 Å². The fourth-order valence-corrected chi connectivity index (χ4v) is 3.91. The third-order valence-electron chi connectivity index (χ3n) is 4.61. The first-order chi connectivity index (χ1) is 13.5.